The molecule has 0 aliphatic carbocycles. The zero-order valence-corrected chi connectivity index (χ0v) is 17.9. The first kappa shape index (κ1) is 21.5. The van der Waals surface area contributed by atoms with Crippen LogP contribution in [0.4, 0.5) is 0 Å². The average molecular weight is 443 g/mol. The van der Waals surface area contributed by atoms with E-state index in [9.17, 15) is 10.1 Å². The molecule has 6 heteroatoms. The Labute approximate surface area is 174 Å². The van der Waals surface area contributed by atoms with Crippen LogP contribution < -0.4 is 14.8 Å². The molecular formula is C22H23BrN2O3. The number of amides is 1. The summed E-state index contributed by atoms with van der Waals surface area (Å²) in [6.45, 7) is 5.72. The summed E-state index contributed by atoms with van der Waals surface area (Å²) in [4.78, 5) is 12.5. The number of methoxy groups -OCH3 is 1. The predicted octanol–water partition coefficient (Wildman–Crippen LogP) is 5.03. The summed E-state index contributed by atoms with van der Waals surface area (Å²) in [5.74, 6) is 0.663. The number of benzene rings is 2. The molecule has 0 spiro atoms. The predicted molar refractivity (Wildman–Crippen MR) is 113 cm³/mol. The number of nitrogens with zero attached hydrogens (tertiary/aromatic N) is 1. The van der Waals surface area contributed by atoms with Gasteiger partial charge in [-0.15, -0.1) is 0 Å². The van der Waals surface area contributed by atoms with Gasteiger partial charge in [0.25, 0.3) is 5.91 Å². The second kappa shape index (κ2) is 9.95. The number of hydrogen-bond acceptors (Lipinski definition) is 4. The van der Waals surface area contributed by atoms with Crippen molar-refractivity contribution in [2.24, 2.45) is 0 Å². The van der Waals surface area contributed by atoms with Crippen LogP contribution in [0.1, 0.15) is 37.9 Å². The highest BCUT2D eigenvalue weighted by atomic mass is 79.9. The quantitative estimate of drug-likeness (QED) is 0.482. The maximum Gasteiger partial charge on any atom is 0.262 e. The van der Waals surface area contributed by atoms with Gasteiger partial charge in [0, 0.05) is 0 Å². The molecule has 0 fully saturated rings. The Morgan fingerprint density at radius 2 is 1.89 bits per heavy atom. The minimum Gasteiger partial charge on any atom is -0.493 e. The van der Waals surface area contributed by atoms with Crippen LogP contribution in [-0.2, 0) is 4.79 Å². The van der Waals surface area contributed by atoms with E-state index in [0.717, 1.165) is 5.56 Å². The van der Waals surface area contributed by atoms with Crippen LogP contribution in [-0.4, -0.2) is 19.1 Å². The van der Waals surface area contributed by atoms with Gasteiger partial charge in [-0.3, -0.25) is 4.79 Å². The van der Waals surface area contributed by atoms with Crippen molar-refractivity contribution < 1.29 is 14.3 Å². The zero-order valence-electron chi connectivity index (χ0n) is 16.3. The van der Waals surface area contributed by atoms with E-state index < -0.39 is 5.91 Å². The van der Waals surface area contributed by atoms with Gasteiger partial charge >= 0.3 is 0 Å². The van der Waals surface area contributed by atoms with Gasteiger partial charge < -0.3 is 14.8 Å². The van der Waals surface area contributed by atoms with Gasteiger partial charge in [0.15, 0.2) is 11.5 Å². The molecule has 0 saturated heterocycles. The average Bonchev–Trinajstić information content (AvgIpc) is 2.68. The lowest BCUT2D eigenvalue weighted by molar-refractivity contribution is -0.117. The number of halogens is 1. The van der Waals surface area contributed by atoms with Crippen molar-refractivity contribution >= 4 is 27.9 Å². The number of rotatable bonds is 7. The van der Waals surface area contributed by atoms with E-state index in [-0.39, 0.29) is 17.7 Å². The van der Waals surface area contributed by atoms with E-state index in [1.165, 1.54) is 6.08 Å². The molecule has 0 aromatic heterocycles. The molecule has 0 aliphatic heterocycles. The molecule has 1 N–H and O–H groups in total. The van der Waals surface area contributed by atoms with Gasteiger partial charge in [0.1, 0.15) is 11.6 Å². The summed E-state index contributed by atoms with van der Waals surface area (Å²) >= 11 is 3.47. The second-order valence-electron chi connectivity index (χ2n) is 6.48. The molecule has 2 aromatic rings. The number of hydrogen-bond donors (Lipinski definition) is 1. The molecular weight excluding hydrogens is 420 g/mol. The molecule has 1 atom stereocenters. The fourth-order valence-corrected chi connectivity index (χ4v) is 3.14. The molecule has 146 valence electrons. The van der Waals surface area contributed by atoms with Gasteiger partial charge in [-0.2, -0.15) is 5.26 Å². The third-order valence-corrected chi connectivity index (χ3v) is 4.52. The summed E-state index contributed by atoms with van der Waals surface area (Å²) in [6, 6.07) is 14.9. The number of ether oxygens (including phenoxy) is 2. The van der Waals surface area contributed by atoms with E-state index in [2.05, 4.69) is 21.2 Å². The van der Waals surface area contributed by atoms with Crippen molar-refractivity contribution in [3.63, 3.8) is 0 Å². The maximum absolute atomic E-state index is 12.5. The summed E-state index contributed by atoms with van der Waals surface area (Å²) in [5, 5.41) is 12.3. The minimum atomic E-state index is -0.434. The van der Waals surface area contributed by atoms with Crippen LogP contribution in [0, 0.1) is 11.3 Å². The Kier molecular flexibility index (Phi) is 7.65. The van der Waals surface area contributed by atoms with Crippen LogP contribution in [0.15, 0.2) is 52.5 Å². The van der Waals surface area contributed by atoms with Crippen molar-refractivity contribution in [1.82, 2.24) is 5.32 Å². The zero-order chi connectivity index (χ0) is 20.7. The SMILES string of the molecule is COc1cc(/C=C(/C#N)C(=O)N[C@@H](C)c2ccccc2)cc(Br)c1OC(C)C. The van der Waals surface area contributed by atoms with Gasteiger partial charge in [-0.1, -0.05) is 30.3 Å². The number of carbonyl (C=O) groups excluding carboxylic acids is 1. The maximum atomic E-state index is 12.5. The Hall–Kier alpha value is -2.78. The standard InChI is InChI=1S/C22H23BrN2O3/c1-14(2)28-21-19(23)11-16(12-20(21)27-4)10-18(13-24)22(26)25-15(3)17-8-6-5-7-9-17/h5-12,14-15H,1-4H3,(H,25,26)/b18-10-/t15-/m0/s1. The highest BCUT2D eigenvalue weighted by Crippen LogP contribution is 2.37. The van der Waals surface area contributed by atoms with E-state index >= 15 is 0 Å². The van der Waals surface area contributed by atoms with Crippen molar-refractivity contribution in [1.29, 1.82) is 5.26 Å². The normalized spacial score (nSPS) is 12.2. The first-order valence-corrected chi connectivity index (χ1v) is 9.66. The summed E-state index contributed by atoms with van der Waals surface area (Å²) in [5.41, 5.74) is 1.63. The first-order chi connectivity index (χ1) is 13.3. The van der Waals surface area contributed by atoms with Gasteiger partial charge in [-0.25, -0.2) is 0 Å². The summed E-state index contributed by atoms with van der Waals surface area (Å²) in [6.07, 6.45) is 1.51. The fourth-order valence-electron chi connectivity index (χ4n) is 2.59. The largest absolute Gasteiger partial charge is 0.493 e. The smallest absolute Gasteiger partial charge is 0.262 e. The topological polar surface area (TPSA) is 71.3 Å². The minimum absolute atomic E-state index is 0.00858. The lowest BCUT2D eigenvalue weighted by Gasteiger charge is -2.16. The Morgan fingerprint density at radius 1 is 1.21 bits per heavy atom. The molecule has 0 saturated carbocycles. The Balaban J connectivity index is 2.27. The second-order valence-corrected chi connectivity index (χ2v) is 7.33. The van der Waals surface area contributed by atoms with Crippen LogP contribution in [0.3, 0.4) is 0 Å². The molecule has 0 aliphatic rings. The highest BCUT2D eigenvalue weighted by molar-refractivity contribution is 9.10. The van der Waals surface area contributed by atoms with Crippen molar-refractivity contribution in [3.8, 4) is 17.6 Å². The molecule has 28 heavy (non-hydrogen) atoms. The van der Waals surface area contributed by atoms with E-state index in [1.54, 1.807) is 19.2 Å². The van der Waals surface area contributed by atoms with Gasteiger partial charge in [0.2, 0.25) is 0 Å². The Morgan fingerprint density at radius 3 is 2.46 bits per heavy atom. The summed E-state index contributed by atoms with van der Waals surface area (Å²) < 4.78 is 11.8. The fraction of sp³-hybridized carbons (Fsp3) is 0.273. The molecule has 2 rings (SSSR count). The molecule has 0 bridgehead atoms. The molecule has 0 radical (unpaired) electrons. The molecule has 2 aromatic carbocycles. The molecule has 0 heterocycles. The van der Waals surface area contributed by atoms with E-state index in [0.29, 0.717) is 21.5 Å². The number of nitriles is 1. The molecule has 0 unspecified atom stereocenters. The van der Waals surface area contributed by atoms with Crippen LogP contribution in [0.25, 0.3) is 6.08 Å². The van der Waals surface area contributed by atoms with Gasteiger partial charge in [0.05, 0.1) is 23.7 Å². The van der Waals surface area contributed by atoms with Crippen LogP contribution in [0.2, 0.25) is 0 Å². The monoisotopic (exact) mass is 442 g/mol. The number of nitrogens with one attached hydrogen (secondary N) is 1. The van der Waals surface area contributed by atoms with E-state index in [1.807, 2.05) is 57.2 Å². The Bertz CT molecular complexity index is 902. The summed E-state index contributed by atoms with van der Waals surface area (Å²) in [7, 11) is 1.54. The lowest BCUT2D eigenvalue weighted by Crippen LogP contribution is -2.27. The number of carbonyl (C=O) groups is 1. The van der Waals surface area contributed by atoms with E-state index in [4.69, 9.17) is 9.47 Å². The first-order valence-electron chi connectivity index (χ1n) is 8.87. The third-order valence-electron chi connectivity index (χ3n) is 3.93. The van der Waals surface area contributed by atoms with Crippen molar-refractivity contribution in [3.05, 3.63) is 63.6 Å². The molecule has 5 nitrogen and oxygen atoms in total. The molecule has 1 amide bonds. The van der Waals surface area contributed by atoms with Crippen LogP contribution >= 0.6 is 15.9 Å². The third kappa shape index (κ3) is 5.61. The highest BCUT2D eigenvalue weighted by Gasteiger charge is 2.16. The van der Waals surface area contributed by atoms with Crippen LogP contribution in [0.5, 0.6) is 11.5 Å². The van der Waals surface area contributed by atoms with Crippen molar-refractivity contribution in [2.45, 2.75) is 32.9 Å². The van der Waals surface area contributed by atoms with Gasteiger partial charge in [-0.05, 0) is 66.0 Å². The van der Waals surface area contributed by atoms with Crippen molar-refractivity contribution in [2.75, 3.05) is 7.11 Å². The lowest BCUT2D eigenvalue weighted by atomic mass is 10.1.